The number of hydrogen-bond donors (Lipinski definition) is 0. The highest BCUT2D eigenvalue weighted by molar-refractivity contribution is 6.33. The molecule has 1 aromatic rings. The molecule has 3 nitrogen and oxygen atoms in total. The number of aromatic nitrogens is 1. The van der Waals surface area contributed by atoms with Gasteiger partial charge in [-0.3, -0.25) is 4.98 Å². The first kappa shape index (κ1) is 10.4. The summed E-state index contributed by atoms with van der Waals surface area (Å²) in [4.78, 5) is 8.43. The number of nitrogens with zero attached hydrogens (tertiary/aromatic N) is 2. The van der Waals surface area contributed by atoms with Crippen LogP contribution in [0.2, 0.25) is 5.02 Å². The summed E-state index contributed by atoms with van der Waals surface area (Å²) in [6, 6.07) is 2.06. The Morgan fingerprint density at radius 1 is 1.53 bits per heavy atom. The monoisotopic (exact) mass is 224 g/mol. The number of pyridine rings is 1. The summed E-state index contributed by atoms with van der Waals surface area (Å²) in [5.74, 6) is 1.13. The molecule has 1 aliphatic heterocycles. The summed E-state index contributed by atoms with van der Waals surface area (Å²) in [6.07, 6.45) is 3.29. The van der Waals surface area contributed by atoms with Gasteiger partial charge < -0.3 is 4.74 Å². The molecule has 0 aliphatic carbocycles. The Bertz CT molecular complexity index is 390. The Balaban J connectivity index is 2.27. The van der Waals surface area contributed by atoms with E-state index in [0.29, 0.717) is 23.4 Å². The van der Waals surface area contributed by atoms with Gasteiger partial charge in [0.05, 0.1) is 16.6 Å². The van der Waals surface area contributed by atoms with Crippen molar-refractivity contribution >= 4 is 17.5 Å². The molecule has 0 saturated heterocycles. The molecule has 15 heavy (non-hydrogen) atoms. The topological polar surface area (TPSA) is 34.5 Å². The van der Waals surface area contributed by atoms with Crippen LogP contribution in [0.5, 0.6) is 0 Å². The molecule has 0 amide bonds. The van der Waals surface area contributed by atoms with E-state index in [2.05, 4.69) is 23.8 Å². The van der Waals surface area contributed by atoms with E-state index in [-0.39, 0.29) is 6.04 Å². The van der Waals surface area contributed by atoms with Gasteiger partial charge >= 0.3 is 0 Å². The zero-order chi connectivity index (χ0) is 10.8. The molecular formula is C11H13ClN2O. The van der Waals surface area contributed by atoms with Crippen LogP contribution in [-0.4, -0.2) is 23.5 Å². The molecule has 0 fully saturated rings. The van der Waals surface area contributed by atoms with Gasteiger partial charge in [-0.25, -0.2) is 4.99 Å². The first-order valence-electron chi connectivity index (χ1n) is 4.99. The molecule has 1 aromatic heterocycles. The number of halogens is 1. The van der Waals surface area contributed by atoms with Crippen molar-refractivity contribution in [1.82, 2.24) is 4.98 Å². The van der Waals surface area contributed by atoms with Gasteiger partial charge in [0.15, 0.2) is 0 Å². The minimum atomic E-state index is 0.240. The fourth-order valence-electron chi connectivity index (χ4n) is 1.43. The van der Waals surface area contributed by atoms with Crippen molar-refractivity contribution < 1.29 is 4.74 Å². The van der Waals surface area contributed by atoms with Crippen molar-refractivity contribution in [2.75, 3.05) is 6.61 Å². The Morgan fingerprint density at radius 3 is 2.93 bits per heavy atom. The van der Waals surface area contributed by atoms with Crippen LogP contribution >= 0.6 is 11.6 Å². The summed E-state index contributed by atoms with van der Waals surface area (Å²) in [5, 5.41) is 0.584. The molecule has 0 spiro atoms. The molecule has 1 atom stereocenters. The minimum Gasteiger partial charge on any atom is -0.475 e. The zero-order valence-corrected chi connectivity index (χ0v) is 9.53. The maximum atomic E-state index is 6.01. The maximum absolute atomic E-state index is 6.01. The van der Waals surface area contributed by atoms with Gasteiger partial charge in [-0.05, 0) is 12.0 Å². The summed E-state index contributed by atoms with van der Waals surface area (Å²) in [5.41, 5.74) is 0.829. The quantitative estimate of drug-likeness (QED) is 0.774. The van der Waals surface area contributed by atoms with Gasteiger partial charge in [0.25, 0.3) is 0 Å². The molecule has 0 bridgehead atoms. The number of hydrogen-bond acceptors (Lipinski definition) is 3. The molecular weight excluding hydrogens is 212 g/mol. The van der Waals surface area contributed by atoms with Gasteiger partial charge in [-0.1, -0.05) is 25.4 Å². The van der Waals surface area contributed by atoms with E-state index in [1.165, 1.54) is 0 Å². The summed E-state index contributed by atoms with van der Waals surface area (Å²) >= 11 is 6.01. The molecule has 0 N–H and O–H groups in total. The number of ether oxygens (including phenoxy) is 1. The lowest BCUT2D eigenvalue weighted by atomic mass is 10.1. The molecule has 4 heteroatoms. The average Bonchev–Trinajstić information content (AvgIpc) is 2.67. The van der Waals surface area contributed by atoms with Gasteiger partial charge in [0.2, 0.25) is 5.90 Å². The number of aliphatic imine (C=N–C) groups is 1. The Morgan fingerprint density at radius 2 is 2.33 bits per heavy atom. The highest BCUT2D eigenvalue weighted by Crippen LogP contribution is 2.21. The Labute approximate surface area is 94.1 Å². The highest BCUT2D eigenvalue weighted by atomic mass is 35.5. The minimum absolute atomic E-state index is 0.240. The van der Waals surface area contributed by atoms with Crippen LogP contribution in [0.4, 0.5) is 0 Å². The van der Waals surface area contributed by atoms with Crippen molar-refractivity contribution in [2.24, 2.45) is 10.9 Å². The van der Waals surface area contributed by atoms with Crippen LogP contribution in [0.15, 0.2) is 23.5 Å². The predicted octanol–water partition coefficient (Wildman–Crippen LogP) is 2.54. The van der Waals surface area contributed by atoms with Crippen LogP contribution in [-0.2, 0) is 4.74 Å². The van der Waals surface area contributed by atoms with Gasteiger partial charge in [0, 0.05) is 12.4 Å². The first-order chi connectivity index (χ1) is 7.18. The van der Waals surface area contributed by atoms with Crippen molar-refractivity contribution in [1.29, 1.82) is 0 Å². The molecule has 0 saturated carbocycles. The maximum Gasteiger partial charge on any atom is 0.218 e. The predicted molar refractivity (Wildman–Crippen MR) is 60.4 cm³/mol. The second-order valence-electron chi connectivity index (χ2n) is 3.91. The standard InChI is InChI=1S/C11H13ClN2O/c1-7(2)10-6-15-11(14-10)8-3-4-13-5-9(8)12/h3-5,7,10H,6H2,1-2H3. The molecule has 2 heterocycles. The molecule has 0 radical (unpaired) electrons. The van der Waals surface area contributed by atoms with Crippen molar-refractivity contribution in [3.05, 3.63) is 29.0 Å². The fourth-order valence-corrected chi connectivity index (χ4v) is 1.63. The van der Waals surface area contributed by atoms with Crippen LogP contribution in [0, 0.1) is 5.92 Å². The van der Waals surface area contributed by atoms with Crippen molar-refractivity contribution in [2.45, 2.75) is 19.9 Å². The van der Waals surface area contributed by atoms with E-state index >= 15 is 0 Å². The third-order valence-electron chi connectivity index (χ3n) is 2.45. The van der Waals surface area contributed by atoms with E-state index in [9.17, 15) is 0 Å². The normalized spacial score (nSPS) is 20.3. The lowest BCUT2D eigenvalue weighted by Crippen LogP contribution is -2.13. The first-order valence-corrected chi connectivity index (χ1v) is 5.36. The SMILES string of the molecule is CC(C)C1COC(c2ccncc2Cl)=N1. The molecule has 80 valence electrons. The average molecular weight is 225 g/mol. The summed E-state index contributed by atoms with van der Waals surface area (Å²) in [6.45, 7) is 4.91. The van der Waals surface area contributed by atoms with Gasteiger partial charge in [-0.2, -0.15) is 0 Å². The van der Waals surface area contributed by atoms with Gasteiger partial charge in [0.1, 0.15) is 6.61 Å². The van der Waals surface area contributed by atoms with E-state index in [1.54, 1.807) is 12.4 Å². The second kappa shape index (κ2) is 4.19. The molecule has 2 rings (SSSR count). The summed E-state index contributed by atoms with van der Waals surface area (Å²) in [7, 11) is 0. The smallest absolute Gasteiger partial charge is 0.218 e. The van der Waals surface area contributed by atoms with Crippen molar-refractivity contribution in [3.63, 3.8) is 0 Å². The van der Waals surface area contributed by atoms with Crippen LogP contribution in [0.3, 0.4) is 0 Å². The van der Waals surface area contributed by atoms with Crippen molar-refractivity contribution in [3.8, 4) is 0 Å². The Hall–Kier alpha value is -1.09. The van der Waals surface area contributed by atoms with Crippen LogP contribution in [0.1, 0.15) is 19.4 Å². The molecule has 1 aliphatic rings. The summed E-state index contributed by atoms with van der Waals surface area (Å²) < 4.78 is 5.53. The van der Waals surface area contributed by atoms with E-state index in [0.717, 1.165) is 5.56 Å². The third kappa shape index (κ3) is 2.12. The van der Waals surface area contributed by atoms with Gasteiger partial charge in [-0.15, -0.1) is 0 Å². The Kier molecular flexibility index (Phi) is 2.91. The zero-order valence-electron chi connectivity index (χ0n) is 8.77. The van der Waals surface area contributed by atoms with Crippen LogP contribution < -0.4 is 0 Å². The van der Waals surface area contributed by atoms with Crippen LogP contribution in [0.25, 0.3) is 0 Å². The lowest BCUT2D eigenvalue weighted by Gasteiger charge is -2.06. The van der Waals surface area contributed by atoms with E-state index in [4.69, 9.17) is 16.3 Å². The second-order valence-corrected chi connectivity index (χ2v) is 4.32. The largest absolute Gasteiger partial charge is 0.475 e. The van der Waals surface area contributed by atoms with E-state index < -0.39 is 0 Å². The van der Waals surface area contributed by atoms with E-state index in [1.807, 2.05) is 6.07 Å². The lowest BCUT2D eigenvalue weighted by molar-refractivity contribution is 0.292. The number of rotatable bonds is 2. The third-order valence-corrected chi connectivity index (χ3v) is 2.75. The molecule has 1 unspecified atom stereocenters. The molecule has 0 aromatic carbocycles. The fraction of sp³-hybridized carbons (Fsp3) is 0.455. The highest BCUT2D eigenvalue weighted by Gasteiger charge is 2.23.